The summed E-state index contributed by atoms with van der Waals surface area (Å²) >= 11 is 3.49. The van der Waals surface area contributed by atoms with Crippen LogP contribution in [0.2, 0.25) is 0 Å². The van der Waals surface area contributed by atoms with Crippen LogP contribution in [-0.2, 0) is 4.74 Å². The SMILES string of the molecule is Cc1ccc(NSC2C=CC(N3CCOCS3)=CC2)cc1-c1nccc2ncccc12. The van der Waals surface area contributed by atoms with E-state index in [-0.39, 0.29) is 0 Å². The van der Waals surface area contributed by atoms with Crippen LogP contribution in [0.4, 0.5) is 5.69 Å². The summed E-state index contributed by atoms with van der Waals surface area (Å²) in [6.45, 7) is 3.87. The molecular weight excluding hydrogens is 424 g/mol. The van der Waals surface area contributed by atoms with Gasteiger partial charge in [0.2, 0.25) is 0 Å². The van der Waals surface area contributed by atoms with Crippen molar-refractivity contribution >= 4 is 40.5 Å². The first-order valence-corrected chi connectivity index (χ1v) is 12.2. The molecule has 3 aromatic rings. The Morgan fingerprint density at radius 3 is 3.00 bits per heavy atom. The number of nitrogens with zero attached hydrogens (tertiary/aromatic N) is 3. The average molecular weight is 449 g/mol. The number of benzene rings is 1. The molecule has 1 unspecified atom stereocenters. The molecule has 3 heterocycles. The summed E-state index contributed by atoms with van der Waals surface area (Å²) in [6.07, 6.45) is 11.5. The van der Waals surface area contributed by atoms with Crippen LogP contribution in [0.1, 0.15) is 12.0 Å². The lowest BCUT2D eigenvalue weighted by Gasteiger charge is -2.30. The van der Waals surface area contributed by atoms with Crippen molar-refractivity contribution in [1.29, 1.82) is 0 Å². The second kappa shape index (κ2) is 9.34. The van der Waals surface area contributed by atoms with Gasteiger partial charge >= 0.3 is 0 Å². The van der Waals surface area contributed by atoms with E-state index < -0.39 is 0 Å². The fraction of sp³-hybridized carbons (Fsp3) is 0.250. The van der Waals surface area contributed by atoms with Crippen LogP contribution >= 0.6 is 23.9 Å². The Kier molecular flexibility index (Phi) is 6.15. The Bertz CT molecular complexity index is 1140. The summed E-state index contributed by atoms with van der Waals surface area (Å²) < 4.78 is 11.3. The second-order valence-corrected chi connectivity index (χ2v) is 9.48. The van der Waals surface area contributed by atoms with Crippen LogP contribution in [0, 0.1) is 6.92 Å². The van der Waals surface area contributed by atoms with Crippen molar-refractivity contribution in [3.05, 3.63) is 78.3 Å². The van der Waals surface area contributed by atoms with Crippen molar-refractivity contribution in [2.24, 2.45) is 0 Å². The van der Waals surface area contributed by atoms with Gasteiger partial charge in [0, 0.05) is 40.0 Å². The summed E-state index contributed by atoms with van der Waals surface area (Å²) in [5, 5.41) is 1.48. The minimum atomic E-state index is 0.402. The van der Waals surface area contributed by atoms with Gasteiger partial charge in [-0.3, -0.25) is 9.97 Å². The minimum absolute atomic E-state index is 0.402. The molecule has 2 aliphatic rings. The molecule has 1 N–H and O–H groups in total. The van der Waals surface area contributed by atoms with Crippen molar-refractivity contribution in [3.8, 4) is 11.3 Å². The van der Waals surface area contributed by atoms with Gasteiger partial charge in [-0.15, -0.1) is 0 Å². The number of anilines is 1. The molecule has 1 aromatic carbocycles. The van der Waals surface area contributed by atoms with Crippen molar-refractivity contribution < 1.29 is 4.74 Å². The van der Waals surface area contributed by atoms with Crippen molar-refractivity contribution in [1.82, 2.24) is 14.3 Å². The normalized spacial score (nSPS) is 18.8. The molecule has 158 valence electrons. The van der Waals surface area contributed by atoms with E-state index in [9.17, 15) is 0 Å². The van der Waals surface area contributed by atoms with Crippen LogP contribution in [-0.4, -0.2) is 38.6 Å². The molecule has 0 amide bonds. The highest BCUT2D eigenvalue weighted by Crippen LogP contribution is 2.33. The maximum Gasteiger partial charge on any atom is 0.112 e. The molecule has 1 fully saturated rings. The van der Waals surface area contributed by atoms with Gasteiger partial charge in [-0.05, 0) is 79.2 Å². The lowest BCUT2D eigenvalue weighted by molar-refractivity contribution is 0.157. The van der Waals surface area contributed by atoms with E-state index in [0.717, 1.165) is 53.4 Å². The largest absolute Gasteiger partial charge is 0.367 e. The third-order valence-electron chi connectivity index (χ3n) is 5.41. The first kappa shape index (κ1) is 20.4. The highest BCUT2D eigenvalue weighted by Gasteiger charge is 2.17. The van der Waals surface area contributed by atoms with Gasteiger partial charge in [-0.25, -0.2) is 0 Å². The number of allylic oxidation sites excluding steroid dienone is 2. The summed E-state index contributed by atoms with van der Waals surface area (Å²) in [6, 6.07) is 12.5. The Labute approximate surface area is 191 Å². The van der Waals surface area contributed by atoms with Crippen LogP contribution < -0.4 is 4.72 Å². The van der Waals surface area contributed by atoms with Crippen molar-refractivity contribution in [2.45, 2.75) is 18.6 Å². The molecule has 1 saturated heterocycles. The minimum Gasteiger partial charge on any atom is -0.367 e. The number of nitrogens with one attached hydrogen (secondary N) is 1. The molecule has 2 aromatic heterocycles. The van der Waals surface area contributed by atoms with Crippen LogP contribution in [0.15, 0.2) is 72.7 Å². The Balaban J connectivity index is 1.28. The zero-order valence-corrected chi connectivity index (χ0v) is 19.0. The number of fused-ring (bicyclic) bond motifs is 1. The predicted molar refractivity (Wildman–Crippen MR) is 132 cm³/mol. The Morgan fingerprint density at radius 1 is 1.19 bits per heavy atom. The van der Waals surface area contributed by atoms with E-state index in [0.29, 0.717) is 5.25 Å². The molecule has 31 heavy (non-hydrogen) atoms. The first-order valence-electron chi connectivity index (χ1n) is 10.4. The van der Waals surface area contributed by atoms with Gasteiger partial charge in [-0.1, -0.05) is 18.2 Å². The topological polar surface area (TPSA) is 50.3 Å². The van der Waals surface area contributed by atoms with Gasteiger partial charge in [-0.2, -0.15) is 0 Å². The van der Waals surface area contributed by atoms with Crippen LogP contribution in [0.25, 0.3) is 22.2 Å². The molecule has 0 radical (unpaired) electrons. The summed E-state index contributed by atoms with van der Waals surface area (Å²) in [7, 11) is 0. The van der Waals surface area contributed by atoms with E-state index in [1.165, 1.54) is 11.3 Å². The van der Waals surface area contributed by atoms with Crippen molar-refractivity contribution in [2.75, 3.05) is 23.8 Å². The quantitative estimate of drug-likeness (QED) is 0.494. The lowest BCUT2D eigenvalue weighted by atomic mass is 10.0. The number of rotatable bonds is 5. The molecule has 1 aliphatic carbocycles. The van der Waals surface area contributed by atoms with Gasteiger partial charge < -0.3 is 13.8 Å². The fourth-order valence-corrected chi connectivity index (χ4v) is 5.31. The Morgan fingerprint density at radius 2 is 2.16 bits per heavy atom. The third kappa shape index (κ3) is 4.59. The number of hydrogen-bond donors (Lipinski definition) is 1. The highest BCUT2D eigenvalue weighted by molar-refractivity contribution is 8.01. The maximum atomic E-state index is 5.42. The zero-order valence-electron chi connectivity index (χ0n) is 17.3. The molecular formula is C24H24N4OS2. The van der Waals surface area contributed by atoms with Crippen LogP contribution in [0.5, 0.6) is 0 Å². The summed E-state index contributed by atoms with van der Waals surface area (Å²) in [5.74, 6) is 0.738. The fourth-order valence-electron chi connectivity index (χ4n) is 3.74. The molecule has 1 aliphatic heterocycles. The molecule has 0 spiro atoms. The predicted octanol–water partition coefficient (Wildman–Crippen LogP) is 5.82. The summed E-state index contributed by atoms with van der Waals surface area (Å²) in [4.78, 5) is 9.14. The number of aromatic nitrogens is 2. The number of pyridine rings is 2. The van der Waals surface area contributed by atoms with Gasteiger partial charge in [0.05, 0.1) is 24.4 Å². The number of aryl methyl sites for hydroxylation is 1. The van der Waals surface area contributed by atoms with Crippen molar-refractivity contribution in [3.63, 3.8) is 0 Å². The molecule has 7 heteroatoms. The number of hydrogen-bond acceptors (Lipinski definition) is 7. The van der Waals surface area contributed by atoms with E-state index in [2.05, 4.69) is 68.4 Å². The Hall–Kier alpha value is -2.48. The van der Waals surface area contributed by atoms with Gasteiger partial charge in [0.25, 0.3) is 0 Å². The molecule has 0 bridgehead atoms. The average Bonchev–Trinajstić information content (AvgIpc) is 2.84. The zero-order chi connectivity index (χ0) is 21.0. The molecule has 1 atom stereocenters. The third-order valence-corrected chi connectivity index (χ3v) is 7.39. The monoisotopic (exact) mass is 448 g/mol. The van der Waals surface area contributed by atoms with E-state index >= 15 is 0 Å². The first-order chi connectivity index (χ1) is 15.3. The lowest BCUT2D eigenvalue weighted by Crippen LogP contribution is -2.26. The van der Waals surface area contributed by atoms with Crippen LogP contribution in [0.3, 0.4) is 0 Å². The standard InChI is InChI=1S/C24H24N4OS2/c1-17-4-5-18(15-22(17)24-21-3-2-11-25-23(21)10-12-26-24)27-31-20-8-6-19(7-9-20)28-13-14-29-16-30-28/h2-8,10-12,15,20,27H,9,13-14,16H2,1H3. The molecule has 5 rings (SSSR count). The van der Waals surface area contributed by atoms with E-state index in [1.807, 2.05) is 24.5 Å². The smallest absolute Gasteiger partial charge is 0.112 e. The molecule has 0 saturated carbocycles. The maximum absolute atomic E-state index is 5.42. The second-order valence-electron chi connectivity index (χ2n) is 7.50. The number of ether oxygens (including phenoxy) is 1. The van der Waals surface area contributed by atoms with E-state index in [4.69, 9.17) is 4.74 Å². The van der Waals surface area contributed by atoms with Gasteiger partial charge in [0.15, 0.2) is 0 Å². The van der Waals surface area contributed by atoms with Gasteiger partial charge in [0.1, 0.15) is 5.94 Å². The highest BCUT2D eigenvalue weighted by atomic mass is 32.2. The van der Waals surface area contributed by atoms with E-state index in [1.54, 1.807) is 23.9 Å². The summed E-state index contributed by atoms with van der Waals surface area (Å²) in [5.41, 5.74) is 6.65. The molecule has 5 nitrogen and oxygen atoms in total.